The van der Waals surface area contributed by atoms with Gasteiger partial charge in [-0.15, -0.1) is 0 Å². The van der Waals surface area contributed by atoms with E-state index in [1.54, 1.807) is 9.58 Å². The molecule has 0 spiro atoms. The lowest BCUT2D eigenvalue weighted by Crippen LogP contribution is -2.33. The molecule has 2 aromatic heterocycles. The van der Waals surface area contributed by atoms with Gasteiger partial charge in [0.15, 0.2) is 0 Å². The molecule has 0 aliphatic heterocycles. The Kier molecular flexibility index (Phi) is 4.75. The van der Waals surface area contributed by atoms with Crippen molar-refractivity contribution in [3.05, 3.63) is 33.3 Å². The molecular weight excluding hydrogens is 346 g/mol. The minimum atomic E-state index is -0.340. The van der Waals surface area contributed by atoms with Gasteiger partial charge in [0.2, 0.25) is 5.91 Å². The first-order valence-corrected chi connectivity index (χ1v) is 7.97. The molecule has 6 nitrogen and oxygen atoms in total. The molecule has 0 bridgehead atoms. The van der Waals surface area contributed by atoms with E-state index < -0.39 is 0 Å². The normalized spacial score (nSPS) is 12.5. The first-order valence-electron chi connectivity index (χ1n) is 7.17. The molecule has 0 unspecified atom stereocenters. The highest BCUT2D eigenvalue weighted by Gasteiger charge is 2.22. The molecule has 22 heavy (non-hydrogen) atoms. The van der Waals surface area contributed by atoms with E-state index in [1.165, 1.54) is 0 Å². The van der Waals surface area contributed by atoms with Crippen molar-refractivity contribution in [3.63, 3.8) is 0 Å². The summed E-state index contributed by atoms with van der Waals surface area (Å²) >= 11 is 3.43. The molecular formula is C15H22BrN5O. The summed E-state index contributed by atoms with van der Waals surface area (Å²) in [6, 6.07) is -0.340. The van der Waals surface area contributed by atoms with E-state index in [-0.39, 0.29) is 11.9 Å². The van der Waals surface area contributed by atoms with E-state index in [1.807, 2.05) is 52.7 Å². The highest BCUT2D eigenvalue weighted by Crippen LogP contribution is 2.19. The molecule has 1 atom stereocenters. The average molecular weight is 368 g/mol. The highest BCUT2D eigenvalue weighted by atomic mass is 79.9. The van der Waals surface area contributed by atoms with Gasteiger partial charge >= 0.3 is 0 Å². The number of carbonyl (C=O) groups is 1. The largest absolute Gasteiger partial charge is 0.339 e. The van der Waals surface area contributed by atoms with Crippen molar-refractivity contribution in [2.75, 3.05) is 7.05 Å². The Balaban J connectivity index is 2.15. The Morgan fingerprint density at radius 1 is 1.32 bits per heavy atom. The SMILES string of the molecule is Cc1nn([C@H](C)C(=O)N(C)Cc2c(C)nn(C)c2C)cc1Br. The van der Waals surface area contributed by atoms with Gasteiger partial charge < -0.3 is 4.90 Å². The first-order chi connectivity index (χ1) is 10.2. The van der Waals surface area contributed by atoms with Crippen molar-refractivity contribution in [1.29, 1.82) is 0 Å². The number of carbonyl (C=O) groups excluding carboxylic acids is 1. The zero-order valence-corrected chi connectivity index (χ0v) is 15.5. The van der Waals surface area contributed by atoms with Crippen molar-refractivity contribution in [2.45, 2.75) is 40.3 Å². The van der Waals surface area contributed by atoms with Crippen LogP contribution < -0.4 is 0 Å². The van der Waals surface area contributed by atoms with Crippen molar-refractivity contribution < 1.29 is 4.79 Å². The molecule has 1 amide bonds. The maximum absolute atomic E-state index is 12.6. The second-order valence-corrected chi connectivity index (χ2v) is 6.54. The van der Waals surface area contributed by atoms with Gasteiger partial charge in [0.05, 0.1) is 15.9 Å². The lowest BCUT2D eigenvalue weighted by atomic mass is 10.1. The Morgan fingerprint density at radius 2 is 1.95 bits per heavy atom. The van der Waals surface area contributed by atoms with Crippen LogP contribution in [0.2, 0.25) is 0 Å². The van der Waals surface area contributed by atoms with Crippen LogP contribution in [0.5, 0.6) is 0 Å². The third kappa shape index (κ3) is 3.09. The Morgan fingerprint density at radius 3 is 2.41 bits per heavy atom. The quantitative estimate of drug-likeness (QED) is 0.833. The predicted octanol–water partition coefficient (Wildman–Crippen LogP) is 2.52. The number of aryl methyl sites for hydroxylation is 3. The zero-order chi connectivity index (χ0) is 16.6. The van der Waals surface area contributed by atoms with Crippen LogP contribution in [-0.4, -0.2) is 37.4 Å². The summed E-state index contributed by atoms with van der Waals surface area (Å²) in [6.07, 6.45) is 1.84. The molecule has 0 aliphatic carbocycles. The number of likely N-dealkylation sites (N-methyl/N-ethyl adjacent to an activating group) is 1. The summed E-state index contributed by atoms with van der Waals surface area (Å²) in [7, 11) is 3.73. The molecule has 0 fully saturated rings. The molecule has 120 valence electrons. The van der Waals surface area contributed by atoms with Crippen molar-refractivity contribution in [3.8, 4) is 0 Å². The van der Waals surface area contributed by atoms with E-state index in [0.29, 0.717) is 6.54 Å². The lowest BCUT2D eigenvalue weighted by Gasteiger charge is -2.22. The van der Waals surface area contributed by atoms with Gasteiger partial charge in [0.25, 0.3) is 0 Å². The maximum Gasteiger partial charge on any atom is 0.247 e. The Labute approximate surface area is 139 Å². The lowest BCUT2D eigenvalue weighted by molar-refractivity contribution is -0.133. The molecule has 0 N–H and O–H groups in total. The van der Waals surface area contributed by atoms with Crippen molar-refractivity contribution in [2.24, 2.45) is 7.05 Å². The summed E-state index contributed by atoms with van der Waals surface area (Å²) in [5.74, 6) is 0.0256. The third-order valence-corrected chi connectivity index (χ3v) is 4.82. The monoisotopic (exact) mass is 367 g/mol. The van der Waals surface area contributed by atoms with Crippen LogP contribution in [0.25, 0.3) is 0 Å². The predicted molar refractivity (Wildman–Crippen MR) is 88.5 cm³/mol. The molecule has 2 aromatic rings. The van der Waals surface area contributed by atoms with Gasteiger partial charge in [-0.05, 0) is 43.6 Å². The average Bonchev–Trinajstić information content (AvgIpc) is 2.91. The van der Waals surface area contributed by atoms with Crippen LogP contribution in [0.3, 0.4) is 0 Å². The minimum absolute atomic E-state index is 0.0256. The van der Waals surface area contributed by atoms with Gasteiger partial charge in [-0.3, -0.25) is 14.2 Å². The summed E-state index contributed by atoms with van der Waals surface area (Å²) in [5, 5.41) is 8.76. The van der Waals surface area contributed by atoms with E-state index >= 15 is 0 Å². The first kappa shape index (κ1) is 16.7. The highest BCUT2D eigenvalue weighted by molar-refractivity contribution is 9.10. The fourth-order valence-electron chi connectivity index (χ4n) is 2.45. The molecule has 2 rings (SSSR count). The second-order valence-electron chi connectivity index (χ2n) is 5.69. The molecule has 7 heteroatoms. The fourth-order valence-corrected chi connectivity index (χ4v) is 2.74. The van der Waals surface area contributed by atoms with Crippen molar-refractivity contribution in [1.82, 2.24) is 24.5 Å². The van der Waals surface area contributed by atoms with Gasteiger partial charge in [-0.25, -0.2) is 0 Å². The molecule has 0 radical (unpaired) electrons. The number of amides is 1. The molecule has 2 heterocycles. The van der Waals surface area contributed by atoms with Crippen LogP contribution in [-0.2, 0) is 18.4 Å². The van der Waals surface area contributed by atoms with Gasteiger partial charge in [0, 0.05) is 38.1 Å². The van der Waals surface area contributed by atoms with Gasteiger partial charge in [-0.1, -0.05) is 0 Å². The van der Waals surface area contributed by atoms with E-state index in [4.69, 9.17) is 0 Å². The topological polar surface area (TPSA) is 56.0 Å². The summed E-state index contributed by atoms with van der Waals surface area (Å²) < 4.78 is 4.45. The standard InChI is InChI=1S/C15H22BrN5O/c1-9-13(11(3)20(6)17-9)7-19(5)15(22)12(4)21-8-14(16)10(2)18-21/h8,12H,7H2,1-6H3/t12-/m1/s1. The van der Waals surface area contributed by atoms with Crippen LogP contribution >= 0.6 is 15.9 Å². The number of nitrogens with zero attached hydrogens (tertiary/aromatic N) is 5. The zero-order valence-electron chi connectivity index (χ0n) is 13.9. The van der Waals surface area contributed by atoms with Gasteiger partial charge in [0.1, 0.15) is 6.04 Å². The maximum atomic E-state index is 12.6. The molecule has 0 saturated carbocycles. The summed E-state index contributed by atoms with van der Waals surface area (Å²) in [4.78, 5) is 14.3. The molecule has 0 aromatic carbocycles. The summed E-state index contributed by atoms with van der Waals surface area (Å²) in [6.45, 7) is 8.31. The van der Waals surface area contributed by atoms with Crippen LogP contribution in [0.15, 0.2) is 10.7 Å². The Bertz CT molecular complexity index is 684. The van der Waals surface area contributed by atoms with E-state index in [2.05, 4.69) is 26.1 Å². The van der Waals surface area contributed by atoms with Crippen LogP contribution in [0.1, 0.15) is 35.6 Å². The number of rotatable bonds is 4. The van der Waals surface area contributed by atoms with Crippen molar-refractivity contribution >= 4 is 21.8 Å². The summed E-state index contributed by atoms with van der Waals surface area (Å²) in [5.41, 5.74) is 4.03. The Hall–Kier alpha value is -1.63. The number of hydrogen-bond donors (Lipinski definition) is 0. The molecule has 0 saturated heterocycles. The smallest absolute Gasteiger partial charge is 0.247 e. The van der Waals surface area contributed by atoms with Crippen LogP contribution in [0, 0.1) is 20.8 Å². The molecule has 0 aliphatic rings. The fraction of sp³-hybridized carbons (Fsp3) is 0.533. The van der Waals surface area contributed by atoms with Gasteiger partial charge in [-0.2, -0.15) is 10.2 Å². The second kappa shape index (κ2) is 6.24. The number of halogens is 1. The van der Waals surface area contributed by atoms with Crippen LogP contribution in [0.4, 0.5) is 0 Å². The number of hydrogen-bond acceptors (Lipinski definition) is 3. The van der Waals surface area contributed by atoms with E-state index in [9.17, 15) is 4.79 Å². The minimum Gasteiger partial charge on any atom is -0.339 e. The van der Waals surface area contributed by atoms with E-state index in [0.717, 1.165) is 27.1 Å². The third-order valence-electron chi connectivity index (χ3n) is 4.04. The number of aromatic nitrogens is 4.